The third-order valence-corrected chi connectivity index (χ3v) is 2.07. The minimum atomic E-state index is -0.388. The van der Waals surface area contributed by atoms with Crippen molar-refractivity contribution in [3.05, 3.63) is 41.5 Å². The first-order valence-electron chi connectivity index (χ1n) is 4.95. The molecule has 0 unspecified atom stereocenters. The average Bonchev–Trinajstić information content (AvgIpc) is 2.25. The van der Waals surface area contributed by atoms with Crippen molar-refractivity contribution in [3.63, 3.8) is 0 Å². The smallest absolute Gasteiger partial charge is 0.248 e. The number of carbonyl (C=O) groups excluding carboxylic acids is 1. The van der Waals surface area contributed by atoms with Crippen molar-refractivity contribution >= 4 is 12.0 Å². The van der Waals surface area contributed by atoms with Gasteiger partial charge in [0.25, 0.3) is 0 Å². The van der Waals surface area contributed by atoms with E-state index in [1.165, 1.54) is 0 Å². The Bertz CT molecular complexity index is 341. The van der Waals surface area contributed by atoms with Crippen LogP contribution >= 0.6 is 0 Å². The zero-order chi connectivity index (χ0) is 11.1. The van der Waals surface area contributed by atoms with E-state index in [4.69, 9.17) is 5.73 Å². The number of nitrogens with two attached hydrogens (primary N) is 1. The first-order valence-corrected chi connectivity index (χ1v) is 4.95. The molecule has 0 radical (unpaired) electrons. The molecule has 0 aliphatic heterocycles. The van der Waals surface area contributed by atoms with E-state index in [1.807, 2.05) is 25.3 Å². The highest BCUT2D eigenvalue weighted by Gasteiger charge is 1.97. The van der Waals surface area contributed by atoms with E-state index in [0.29, 0.717) is 5.56 Å². The molecule has 3 N–H and O–H groups in total. The highest BCUT2D eigenvalue weighted by atomic mass is 16.1. The van der Waals surface area contributed by atoms with Crippen LogP contribution in [-0.2, 0) is 0 Å². The summed E-state index contributed by atoms with van der Waals surface area (Å²) in [4.78, 5) is 10.8. The number of amides is 1. The van der Waals surface area contributed by atoms with E-state index in [1.54, 1.807) is 12.1 Å². The van der Waals surface area contributed by atoms with Gasteiger partial charge in [0.2, 0.25) is 5.91 Å². The zero-order valence-corrected chi connectivity index (χ0v) is 8.86. The molecule has 0 bridgehead atoms. The first-order chi connectivity index (χ1) is 7.24. The van der Waals surface area contributed by atoms with E-state index < -0.39 is 0 Å². The van der Waals surface area contributed by atoms with E-state index in [0.717, 1.165) is 18.5 Å². The van der Waals surface area contributed by atoms with Crippen LogP contribution in [0, 0.1) is 0 Å². The Hall–Kier alpha value is -1.61. The van der Waals surface area contributed by atoms with Gasteiger partial charge >= 0.3 is 0 Å². The van der Waals surface area contributed by atoms with Gasteiger partial charge in [-0.05, 0) is 37.7 Å². The lowest BCUT2D eigenvalue weighted by atomic mass is 10.1. The Kier molecular flexibility index (Phi) is 4.57. The van der Waals surface area contributed by atoms with Gasteiger partial charge in [-0.25, -0.2) is 0 Å². The molecule has 3 heteroatoms. The lowest BCUT2D eigenvalue weighted by Gasteiger charge is -1.96. The molecule has 0 aliphatic rings. The number of hydrogen-bond acceptors (Lipinski definition) is 2. The lowest BCUT2D eigenvalue weighted by molar-refractivity contribution is 0.100. The van der Waals surface area contributed by atoms with Gasteiger partial charge < -0.3 is 11.1 Å². The third-order valence-electron chi connectivity index (χ3n) is 2.07. The van der Waals surface area contributed by atoms with Crippen molar-refractivity contribution in [2.24, 2.45) is 5.73 Å². The van der Waals surface area contributed by atoms with Crippen molar-refractivity contribution in [2.45, 2.75) is 6.42 Å². The monoisotopic (exact) mass is 204 g/mol. The molecule has 0 atom stereocenters. The van der Waals surface area contributed by atoms with Gasteiger partial charge in [0.15, 0.2) is 0 Å². The quantitative estimate of drug-likeness (QED) is 0.712. The van der Waals surface area contributed by atoms with E-state index in [9.17, 15) is 4.79 Å². The number of primary amides is 1. The molecular formula is C12H16N2O. The zero-order valence-electron chi connectivity index (χ0n) is 8.86. The van der Waals surface area contributed by atoms with Gasteiger partial charge in [-0.3, -0.25) is 4.79 Å². The summed E-state index contributed by atoms with van der Waals surface area (Å²) < 4.78 is 0. The molecule has 0 fully saturated rings. The largest absolute Gasteiger partial charge is 0.366 e. The summed E-state index contributed by atoms with van der Waals surface area (Å²) in [6, 6.07) is 7.24. The van der Waals surface area contributed by atoms with Gasteiger partial charge in [-0.15, -0.1) is 0 Å². The van der Waals surface area contributed by atoms with Crippen LogP contribution in [0.5, 0.6) is 0 Å². The Morgan fingerprint density at radius 2 is 2.07 bits per heavy atom. The molecule has 0 aromatic heterocycles. The molecule has 0 heterocycles. The standard InChI is InChI=1S/C12H16N2O/c1-14-9-3-2-4-10-5-7-11(8-6-10)12(13)15/h2,4-8,14H,3,9H2,1H3,(H2,13,15). The average molecular weight is 204 g/mol. The summed E-state index contributed by atoms with van der Waals surface area (Å²) >= 11 is 0. The van der Waals surface area contributed by atoms with Crippen LogP contribution in [0.4, 0.5) is 0 Å². The Balaban J connectivity index is 2.56. The van der Waals surface area contributed by atoms with Crippen LogP contribution in [-0.4, -0.2) is 19.5 Å². The predicted molar refractivity (Wildman–Crippen MR) is 62.5 cm³/mol. The van der Waals surface area contributed by atoms with Gasteiger partial charge in [0, 0.05) is 5.56 Å². The number of hydrogen-bond donors (Lipinski definition) is 2. The second kappa shape index (κ2) is 5.98. The normalized spacial score (nSPS) is 10.7. The summed E-state index contributed by atoms with van der Waals surface area (Å²) in [5.74, 6) is -0.388. The Morgan fingerprint density at radius 1 is 1.40 bits per heavy atom. The van der Waals surface area contributed by atoms with Gasteiger partial charge in [-0.2, -0.15) is 0 Å². The molecule has 1 aromatic rings. The highest BCUT2D eigenvalue weighted by Crippen LogP contribution is 2.05. The molecule has 1 rings (SSSR count). The predicted octanol–water partition coefficient (Wildman–Crippen LogP) is 1.41. The molecule has 0 aliphatic carbocycles. The van der Waals surface area contributed by atoms with Crippen molar-refractivity contribution in [1.29, 1.82) is 0 Å². The lowest BCUT2D eigenvalue weighted by Crippen LogP contribution is -2.10. The van der Waals surface area contributed by atoms with Crippen LogP contribution in [0.2, 0.25) is 0 Å². The maximum atomic E-state index is 10.8. The summed E-state index contributed by atoms with van der Waals surface area (Å²) in [5.41, 5.74) is 6.76. The minimum absolute atomic E-state index is 0.388. The number of nitrogens with one attached hydrogen (secondary N) is 1. The fourth-order valence-electron chi connectivity index (χ4n) is 1.21. The van der Waals surface area contributed by atoms with E-state index in [2.05, 4.69) is 11.4 Å². The molecule has 3 nitrogen and oxygen atoms in total. The van der Waals surface area contributed by atoms with Crippen molar-refractivity contribution in [2.75, 3.05) is 13.6 Å². The second-order valence-corrected chi connectivity index (χ2v) is 3.28. The van der Waals surface area contributed by atoms with Crippen molar-refractivity contribution in [3.8, 4) is 0 Å². The third kappa shape index (κ3) is 3.95. The number of benzene rings is 1. The Labute approximate surface area is 90.0 Å². The summed E-state index contributed by atoms with van der Waals surface area (Å²) in [6.45, 7) is 0.968. The van der Waals surface area contributed by atoms with E-state index >= 15 is 0 Å². The molecule has 15 heavy (non-hydrogen) atoms. The number of carbonyl (C=O) groups is 1. The van der Waals surface area contributed by atoms with Gasteiger partial charge in [0.05, 0.1) is 0 Å². The molecule has 1 amide bonds. The molecule has 80 valence electrons. The molecule has 0 saturated heterocycles. The van der Waals surface area contributed by atoms with Crippen LogP contribution in [0.1, 0.15) is 22.3 Å². The summed E-state index contributed by atoms with van der Waals surface area (Å²) in [6.07, 6.45) is 5.12. The fourth-order valence-corrected chi connectivity index (χ4v) is 1.21. The molecular weight excluding hydrogens is 188 g/mol. The summed E-state index contributed by atoms with van der Waals surface area (Å²) in [7, 11) is 1.93. The van der Waals surface area contributed by atoms with Gasteiger partial charge in [-0.1, -0.05) is 24.3 Å². The van der Waals surface area contributed by atoms with Crippen LogP contribution < -0.4 is 11.1 Å². The van der Waals surface area contributed by atoms with Crippen molar-refractivity contribution in [1.82, 2.24) is 5.32 Å². The van der Waals surface area contributed by atoms with Crippen LogP contribution in [0.15, 0.2) is 30.3 Å². The second-order valence-electron chi connectivity index (χ2n) is 3.28. The fraction of sp³-hybridized carbons (Fsp3) is 0.250. The molecule has 0 spiro atoms. The maximum Gasteiger partial charge on any atom is 0.248 e. The van der Waals surface area contributed by atoms with Crippen LogP contribution in [0.3, 0.4) is 0 Å². The maximum absolute atomic E-state index is 10.8. The number of rotatable bonds is 5. The Morgan fingerprint density at radius 3 is 2.60 bits per heavy atom. The highest BCUT2D eigenvalue weighted by molar-refractivity contribution is 5.92. The molecule has 1 aromatic carbocycles. The summed E-state index contributed by atoms with van der Waals surface area (Å²) in [5, 5.41) is 3.07. The van der Waals surface area contributed by atoms with E-state index in [-0.39, 0.29) is 5.91 Å². The van der Waals surface area contributed by atoms with Crippen molar-refractivity contribution < 1.29 is 4.79 Å². The van der Waals surface area contributed by atoms with Crippen LogP contribution in [0.25, 0.3) is 6.08 Å². The minimum Gasteiger partial charge on any atom is -0.366 e. The topological polar surface area (TPSA) is 55.1 Å². The molecule has 0 saturated carbocycles. The SMILES string of the molecule is CNCCC=Cc1ccc(C(N)=O)cc1. The first kappa shape index (κ1) is 11.5. The van der Waals surface area contributed by atoms with Gasteiger partial charge in [0.1, 0.15) is 0 Å².